The van der Waals surface area contributed by atoms with E-state index in [1.807, 2.05) is 39.2 Å². The maximum absolute atomic E-state index is 12.5. The van der Waals surface area contributed by atoms with Gasteiger partial charge in [0.15, 0.2) is 0 Å². The van der Waals surface area contributed by atoms with Gasteiger partial charge in [-0.2, -0.15) is 0 Å². The van der Waals surface area contributed by atoms with Crippen LogP contribution >= 0.6 is 0 Å². The van der Waals surface area contributed by atoms with Crippen LogP contribution in [0.2, 0.25) is 0 Å². The van der Waals surface area contributed by atoms with Crippen LogP contribution in [0.15, 0.2) is 42.5 Å². The Morgan fingerprint density at radius 3 is 2.48 bits per heavy atom. The molecular weight excluding hydrogens is 316 g/mol. The van der Waals surface area contributed by atoms with E-state index in [4.69, 9.17) is 5.73 Å². The summed E-state index contributed by atoms with van der Waals surface area (Å²) >= 11 is 0. The smallest absolute Gasteiger partial charge is 0.255 e. The normalized spacial score (nSPS) is 10.6. The highest BCUT2D eigenvalue weighted by atomic mass is 16.2. The van der Waals surface area contributed by atoms with Crippen molar-refractivity contribution in [3.8, 4) is 0 Å². The van der Waals surface area contributed by atoms with Gasteiger partial charge in [0.1, 0.15) is 0 Å². The molecule has 0 aliphatic carbocycles. The largest absolute Gasteiger partial charge is 0.326 e. The van der Waals surface area contributed by atoms with Crippen LogP contribution in [-0.4, -0.2) is 37.4 Å². The lowest BCUT2D eigenvalue weighted by Gasteiger charge is -2.15. The van der Waals surface area contributed by atoms with Crippen LogP contribution in [0.1, 0.15) is 21.5 Å². The monoisotopic (exact) mass is 340 g/mol. The van der Waals surface area contributed by atoms with Crippen LogP contribution in [0.5, 0.6) is 0 Å². The molecule has 0 fully saturated rings. The van der Waals surface area contributed by atoms with Crippen molar-refractivity contribution in [2.75, 3.05) is 31.3 Å². The van der Waals surface area contributed by atoms with Gasteiger partial charge in [0.25, 0.3) is 5.91 Å². The number of amides is 2. The number of nitrogens with zero attached hydrogens (tertiary/aromatic N) is 1. The van der Waals surface area contributed by atoms with Gasteiger partial charge in [-0.25, -0.2) is 0 Å². The second kappa shape index (κ2) is 8.41. The standard InChI is InChI=1S/C19H24N4O2/c1-13-7-8-16(21-18(24)12-23(2)3)17(9-13)22-19(25)15-6-4-5-14(10-15)11-20/h4-10H,11-12,20H2,1-3H3,(H,21,24)(H,22,25). The fourth-order valence-electron chi connectivity index (χ4n) is 2.38. The number of benzene rings is 2. The first-order valence-electron chi connectivity index (χ1n) is 8.04. The van der Waals surface area contributed by atoms with E-state index in [9.17, 15) is 9.59 Å². The van der Waals surface area contributed by atoms with E-state index < -0.39 is 0 Å². The molecule has 0 heterocycles. The van der Waals surface area contributed by atoms with Crippen molar-refractivity contribution in [3.05, 3.63) is 59.2 Å². The summed E-state index contributed by atoms with van der Waals surface area (Å²) in [5.41, 5.74) is 9.15. The second-order valence-corrected chi connectivity index (χ2v) is 6.19. The number of carbonyl (C=O) groups is 2. The lowest BCUT2D eigenvalue weighted by molar-refractivity contribution is -0.116. The summed E-state index contributed by atoms with van der Waals surface area (Å²) < 4.78 is 0. The number of carbonyl (C=O) groups excluding carboxylic acids is 2. The van der Waals surface area contributed by atoms with Crippen molar-refractivity contribution in [2.45, 2.75) is 13.5 Å². The fraction of sp³-hybridized carbons (Fsp3) is 0.263. The third-order valence-corrected chi connectivity index (χ3v) is 3.58. The zero-order valence-electron chi connectivity index (χ0n) is 14.8. The van der Waals surface area contributed by atoms with E-state index in [0.29, 0.717) is 23.5 Å². The fourth-order valence-corrected chi connectivity index (χ4v) is 2.38. The van der Waals surface area contributed by atoms with Gasteiger partial charge in [-0.1, -0.05) is 18.2 Å². The molecule has 0 radical (unpaired) electrons. The number of hydrogen-bond donors (Lipinski definition) is 3. The molecule has 0 aromatic heterocycles. The highest BCUT2D eigenvalue weighted by molar-refractivity contribution is 6.07. The van der Waals surface area contributed by atoms with Crippen molar-refractivity contribution in [1.29, 1.82) is 0 Å². The molecule has 0 saturated carbocycles. The Morgan fingerprint density at radius 2 is 1.80 bits per heavy atom. The van der Waals surface area contributed by atoms with E-state index in [1.54, 1.807) is 29.2 Å². The summed E-state index contributed by atoms with van der Waals surface area (Å²) in [7, 11) is 3.64. The summed E-state index contributed by atoms with van der Waals surface area (Å²) in [6, 6.07) is 12.7. The molecule has 2 amide bonds. The maximum atomic E-state index is 12.5. The Morgan fingerprint density at radius 1 is 1.04 bits per heavy atom. The number of rotatable bonds is 6. The van der Waals surface area contributed by atoms with Gasteiger partial charge < -0.3 is 21.3 Å². The van der Waals surface area contributed by atoms with Crippen LogP contribution in [0, 0.1) is 6.92 Å². The predicted octanol–water partition coefficient (Wildman–Crippen LogP) is 2.21. The number of hydrogen-bond acceptors (Lipinski definition) is 4. The average Bonchev–Trinajstić information content (AvgIpc) is 2.56. The molecule has 2 rings (SSSR count). The predicted molar refractivity (Wildman–Crippen MR) is 101 cm³/mol. The molecule has 0 unspecified atom stereocenters. The molecule has 0 spiro atoms. The van der Waals surface area contributed by atoms with E-state index in [-0.39, 0.29) is 18.4 Å². The van der Waals surface area contributed by atoms with Crippen molar-refractivity contribution < 1.29 is 9.59 Å². The molecule has 2 aromatic rings. The van der Waals surface area contributed by atoms with Gasteiger partial charge in [-0.15, -0.1) is 0 Å². The van der Waals surface area contributed by atoms with Gasteiger partial charge in [-0.05, 0) is 56.4 Å². The Hall–Kier alpha value is -2.70. The van der Waals surface area contributed by atoms with Gasteiger partial charge in [0.2, 0.25) is 5.91 Å². The van der Waals surface area contributed by atoms with Crippen LogP contribution in [-0.2, 0) is 11.3 Å². The highest BCUT2D eigenvalue weighted by Gasteiger charge is 2.12. The number of likely N-dealkylation sites (N-methyl/N-ethyl adjacent to an activating group) is 1. The molecule has 25 heavy (non-hydrogen) atoms. The van der Waals surface area contributed by atoms with Gasteiger partial charge in [-0.3, -0.25) is 9.59 Å². The Balaban J connectivity index is 2.21. The Labute approximate surface area is 148 Å². The van der Waals surface area contributed by atoms with E-state index in [1.165, 1.54) is 0 Å². The van der Waals surface area contributed by atoms with Crippen molar-refractivity contribution in [2.24, 2.45) is 5.73 Å². The summed E-state index contributed by atoms with van der Waals surface area (Å²) in [6.45, 7) is 2.56. The van der Waals surface area contributed by atoms with E-state index >= 15 is 0 Å². The zero-order valence-corrected chi connectivity index (χ0v) is 14.8. The van der Waals surface area contributed by atoms with Gasteiger partial charge >= 0.3 is 0 Å². The lowest BCUT2D eigenvalue weighted by Crippen LogP contribution is -2.27. The van der Waals surface area contributed by atoms with Crippen molar-refractivity contribution in [3.63, 3.8) is 0 Å². The molecule has 0 aliphatic rings. The third kappa shape index (κ3) is 5.41. The van der Waals surface area contributed by atoms with Crippen LogP contribution in [0.4, 0.5) is 11.4 Å². The van der Waals surface area contributed by atoms with Crippen molar-refractivity contribution >= 4 is 23.2 Å². The lowest BCUT2D eigenvalue weighted by atomic mass is 10.1. The summed E-state index contributed by atoms with van der Waals surface area (Å²) in [4.78, 5) is 26.3. The highest BCUT2D eigenvalue weighted by Crippen LogP contribution is 2.24. The topological polar surface area (TPSA) is 87.5 Å². The quantitative estimate of drug-likeness (QED) is 0.752. The molecule has 0 aliphatic heterocycles. The first-order chi connectivity index (χ1) is 11.9. The van der Waals surface area contributed by atoms with Gasteiger partial charge in [0.05, 0.1) is 17.9 Å². The molecule has 4 N–H and O–H groups in total. The molecule has 132 valence electrons. The number of anilines is 2. The average molecular weight is 340 g/mol. The zero-order chi connectivity index (χ0) is 18.4. The number of aryl methyl sites for hydroxylation is 1. The van der Waals surface area contributed by atoms with Gasteiger partial charge in [0, 0.05) is 12.1 Å². The van der Waals surface area contributed by atoms with Crippen LogP contribution in [0.3, 0.4) is 0 Å². The molecule has 2 aromatic carbocycles. The first-order valence-corrected chi connectivity index (χ1v) is 8.04. The molecule has 0 atom stereocenters. The maximum Gasteiger partial charge on any atom is 0.255 e. The molecule has 0 saturated heterocycles. The summed E-state index contributed by atoms with van der Waals surface area (Å²) in [5.74, 6) is -0.390. The number of nitrogens with two attached hydrogens (primary N) is 1. The SMILES string of the molecule is Cc1ccc(NC(=O)CN(C)C)c(NC(=O)c2cccc(CN)c2)c1. The third-order valence-electron chi connectivity index (χ3n) is 3.58. The number of nitrogens with one attached hydrogen (secondary N) is 2. The minimum atomic E-state index is -0.246. The molecule has 0 bridgehead atoms. The van der Waals surface area contributed by atoms with Crippen LogP contribution < -0.4 is 16.4 Å². The van der Waals surface area contributed by atoms with E-state index in [2.05, 4.69) is 10.6 Å². The van der Waals surface area contributed by atoms with Crippen LogP contribution in [0.25, 0.3) is 0 Å². The first kappa shape index (κ1) is 18.6. The van der Waals surface area contributed by atoms with Crippen molar-refractivity contribution in [1.82, 2.24) is 4.90 Å². The Kier molecular flexibility index (Phi) is 6.27. The minimum absolute atomic E-state index is 0.144. The minimum Gasteiger partial charge on any atom is -0.326 e. The van der Waals surface area contributed by atoms with E-state index in [0.717, 1.165) is 11.1 Å². The Bertz CT molecular complexity index is 772. The summed E-state index contributed by atoms with van der Waals surface area (Å²) in [6.07, 6.45) is 0. The molecule has 6 heteroatoms. The molecule has 6 nitrogen and oxygen atoms in total. The second-order valence-electron chi connectivity index (χ2n) is 6.19. The molecular formula is C19H24N4O2. The summed E-state index contributed by atoms with van der Waals surface area (Å²) in [5, 5.41) is 5.70.